The van der Waals surface area contributed by atoms with Crippen LogP contribution in [-0.4, -0.2) is 21.4 Å². The molecule has 6 nitrogen and oxygen atoms in total. The van der Waals surface area contributed by atoms with Crippen LogP contribution in [0.1, 0.15) is 34.7 Å². The summed E-state index contributed by atoms with van der Waals surface area (Å²) in [6, 6.07) is 24.1. The predicted molar refractivity (Wildman–Crippen MR) is 117 cm³/mol. The van der Waals surface area contributed by atoms with E-state index in [0.717, 1.165) is 22.4 Å². The van der Waals surface area contributed by atoms with Gasteiger partial charge in [0.05, 0.1) is 11.0 Å². The summed E-state index contributed by atoms with van der Waals surface area (Å²) in [6.07, 6.45) is 0. The zero-order valence-corrected chi connectivity index (χ0v) is 16.8. The standard InChI is InChI=1S/C24H22N4O2/c1-16(29)25-19-12-8-11-18(15-19)24(30)27-22(17-9-4-3-5-10-17)23-26-20-13-6-7-14-21(20)28(23)2/h3-15,22H,1-2H3,(H,25,29)(H,27,30). The van der Waals surface area contributed by atoms with Crippen molar-refractivity contribution < 1.29 is 9.59 Å². The van der Waals surface area contributed by atoms with Crippen molar-refractivity contribution in [3.8, 4) is 0 Å². The maximum Gasteiger partial charge on any atom is 0.252 e. The Morgan fingerprint density at radius 2 is 1.67 bits per heavy atom. The first kappa shape index (κ1) is 19.4. The third kappa shape index (κ3) is 3.93. The number of para-hydroxylation sites is 2. The molecule has 4 rings (SSSR count). The van der Waals surface area contributed by atoms with Gasteiger partial charge in [-0.2, -0.15) is 0 Å². The second-order valence-electron chi connectivity index (χ2n) is 7.10. The van der Waals surface area contributed by atoms with Gasteiger partial charge in [0.15, 0.2) is 0 Å². The Kier molecular flexibility index (Phi) is 5.30. The first-order valence-electron chi connectivity index (χ1n) is 9.68. The summed E-state index contributed by atoms with van der Waals surface area (Å²) in [7, 11) is 1.95. The molecule has 1 atom stereocenters. The number of hydrogen-bond acceptors (Lipinski definition) is 3. The highest BCUT2D eigenvalue weighted by Gasteiger charge is 2.23. The summed E-state index contributed by atoms with van der Waals surface area (Å²) in [6.45, 7) is 1.43. The van der Waals surface area contributed by atoms with Crippen molar-refractivity contribution in [2.75, 3.05) is 5.32 Å². The first-order chi connectivity index (χ1) is 14.5. The summed E-state index contributed by atoms with van der Waals surface area (Å²) in [5.74, 6) is 0.311. The second kappa shape index (κ2) is 8.21. The van der Waals surface area contributed by atoms with Crippen LogP contribution in [0.3, 0.4) is 0 Å². The van der Waals surface area contributed by atoms with E-state index in [2.05, 4.69) is 10.6 Å². The normalized spacial score (nSPS) is 11.8. The lowest BCUT2D eigenvalue weighted by Gasteiger charge is -2.19. The number of aryl methyl sites for hydroxylation is 1. The molecule has 0 saturated carbocycles. The maximum absolute atomic E-state index is 13.1. The van der Waals surface area contributed by atoms with Crippen molar-refractivity contribution in [2.24, 2.45) is 7.05 Å². The van der Waals surface area contributed by atoms with E-state index in [-0.39, 0.29) is 11.8 Å². The number of amides is 2. The van der Waals surface area contributed by atoms with Gasteiger partial charge in [-0.3, -0.25) is 9.59 Å². The van der Waals surface area contributed by atoms with Crippen molar-refractivity contribution in [3.05, 3.63) is 95.8 Å². The number of aromatic nitrogens is 2. The molecule has 150 valence electrons. The molecule has 2 amide bonds. The molecule has 0 radical (unpaired) electrons. The van der Waals surface area contributed by atoms with Gasteiger partial charge in [-0.15, -0.1) is 0 Å². The highest BCUT2D eigenvalue weighted by atomic mass is 16.2. The van der Waals surface area contributed by atoms with Gasteiger partial charge in [0.2, 0.25) is 5.91 Å². The van der Waals surface area contributed by atoms with E-state index in [1.807, 2.05) is 66.2 Å². The van der Waals surface area contributed by atoms with Crippen molar-refractivity contribution in [2.45, 2.75) is 13.0 Å². The highest BCUT2D eigenvalue weighted by Crippen LogP contribution is 2.25. The Balaban J connectivity index is 1.72. The predicted octanol–water partition coefficient (Wildman–Crippen LogP) is 4.05. The Labute approximate surface area is 174 Å². The third-order valence-electron chi connectivity index (χ3n) is 4.93. The van der Waals surface area contributed by atoms with Gasteiger partial charge in [-0.25, -0.2) is 4.98 Å². The Bertz CT molecular complexity index is 1210. The van der Waals surface area contributed by atoms with Gasteiger partial charge < -0.3 is 15.2 Å². The quantitative estimate of drug-likeness (QED) is 0.532. The van der Waals surface area contributed by atoms with Crippen LogP contribution >= 0.6 is 0 Å². The second-order valence-corrected chi connectivity index (χ2v) is 7.10. The molecule has 1 heterocycles. The number of anilines is 1. The lowest BCUT2D eigenvalue weighted by molar-refractivity contribution is -0.114. The molecular weight excluding hydrogens is 376 g/mol. The molecule has 0 aliphatic rings. The van der Waals surface area contributed by atoms with Crippen LogP contribution in [-0.2, 0) is 11.8 Å². The number of imidazole rings is 1. The SMILES string of the molecule is CC(=O)Nc1cccc(C(=O)NC(c2ccccc2)c2nc3ccccc3n2C)c1. The van der Waals surface area contributed by atoms with Crippen LogP contribution in [0.15, 0.2) is 78.9 Å². The molecule has 1 unspecified atom stereocenters. The van der Waals surface area contributed by atoms with Gasteiger partial charge in [0, 0.05) is 25.2 Å². The molecule has 0 spiro atoms. The molecule has 3 aromatic carbocycles. The summed E-state index contributed by atoms with van der Waals surface area (Å²) >= 11 is 0. The molecular formula is C24H22N4O2. The summed E-state index contributed by atoms with van der Waals surface area (Å²) in [4.78, 5) is 29.2. The van der Waals surface area contributed by atoms with Crippen molar-refractivity contribution >= 4 is 28.5 Å². The van der Waals surface area contributed by atoms with E-state index < -0.39 is 6.04 Å². The molecule has 0 aliphatic heterocycles. The van der Waals surface area contributed by atoms with E-state index in [4.69, 9.17) is 4.98 Å². The number of benzene rings is 3. The lowest BCUT2D eigenvalue weighted by atomic mass is 10.1. The fourth-order valence-electron chi connectivity index (χ4n) is 3.52. The van der Waals surface area contributed by atoms with Gasteiger partial charge >= 0.3 is 0 Å². The third-order valence-corrected chi connectivity index (χ3v) is 4.93. The summed E-state index contributed by atoms with van der Waals surface area (Å²) < 4.78 is 2.00. The van der Waals surface area contributed by atoms with E-state index in [1.54, 1.807) is 24.3 Å². The van der Waals surface area contributed by atoms with E-state index in [9.17, 15) is 9.59 Å². The molecule has 0 aliphatic carbocycles. The van der Waals surface area contributed by atoms with Crippen molar-refractivity contribution in [3.63, 3.8) is 0 Å². The minimum Gasteiger partial charge on any atom is -0.338 e. The highest BCUT2D eigenvalue weighted by molar-refractivity contribution is 5.97. The lowest BCUT2D eigenvalue weighted by Crippen LogP contribution is -2.31. The van der Waals surface area contributed by atoms with Crippen LogP contribution in [0.2, 0.25) is 0 Å². The van der Waals surface area contributed by atoms with Gasteiger partial charge in [-0.05, 0) is 35.9 Å². The van der Waals surface area contributed by atoms with E-state index >= 15 is 0 Å². The fraction of sp³-hybridized carbons (Fsp3) is 0.125. The van der Waals surface area contributed by atoms with Crippen LogP contribution in [0.4, 0.5) is 5.69 Å². The zero-order chi connectivity index (χ0) is 21.1. The minimum absolute atomic E-state index is 0.186. The number of carbonyl (C=O) groups excluding carboxylic acids is 2. The number of fused-ring (bicyclic) bond motifs is 1. The molecule has 2 N–H and O–H groups in total. The maximum atomic E-state index is 13.1. The van der Waals surface area contributed by atoms with E-state index in [0.29, 0.717) is 11.3 Å². The average Bonchev–Trinajstić information content (AvgIpc) is 3.09. The van der Waals surface area contributed by atoms with E-state index in [1.165, 1.54) is 6.92 Å². The average molecular weight is 398 g/mol. The number of nitrogens with one attached hydrogen (secondary N) is 2. The number of hydrogen-bond donors (Lipinski definition) is 2. The van der Waals surface area contributed by atoms with Gasteiger partial charge in [0.25, 0.3) is 5.91 Å². The zero-order valence-electron chi connectivity index (χ0n) is 16.8. The first-order valence-corrected chi connectivity index (χ1v) is 9.68. The van der Waals surface area contributed by atoms with Crippen molar-refractivity contribution in [1.82, 2.24) is 14.9 Å². The Morgan fingerprint density at radius 1 is 0.933 bits per heavy atom. The van der Waals surface area contributed by atoms with Gasteiger partial charge in [-0.1, -0.05) is 48.5 Å². The summed E-state index contributed by atoms with van der Waals surface area (Å²) in [5, 5.41) is 5.82. The number of rotatable bonds is 5. The van der Waals surface area contributed by atoms with Crippen molar-refractivity contribution in [1.29, 1.82) is 0 Å². The molecule has 30 heavy (non-hydrogen) atoms. The minimum atomic E-state index is -0.430. The summed E-state index contributed by atoms with van der Waals surface area (Å²) in [5.41, 5.74) is 3.84. The molecule has 0 saturated heterocycles. The molecule has 1 aromatic heterocycles. The van der Waals surface area contributed by atoms with Crippen LogP contribution < -0.4 is 10.6 Å². The smallest absolute Gasteiger partial charge is 0.252 e. The largest absolute Gasteiger partial charge is 0.338 e. The topological polar surface area (TPSA) is 76.0 Å². The molecule has 6 heteroatoms. The number of nitrogens with zero attached hydrogens (tertiary/aromatic N) is 2. The van der Waals surface area contributed by atoms with Crippen LogP contribution in [0, 0.1) is 0 Å². The molecule has 0 fully saturated rings. The molecule has 4 aromatic rings. The monoisotopic (exact) mass is 398 g/mol. The number of carbonyl (C=O) groups is 2. The Hall–Kier alpha value is -3.93. The molecule has 0 bridgehead atoms. The van der Waals surface area contributed by atoms with Gasteiger partial charge in [0.1, 0.15) is 11.9 Å². The van der Waals surface area contributed by atoms with Crippen LogP contribution in [0.25, 0.3) is 11.0 Å². The Morgan fingerprint density at radius 3 is 2.40 bits per heavy atom. The van der Waals surface area contributed by atoms with Crippen LogP contribution in [0.5, 0.6) is 0 Å². The fourth-order valence-corrected chi connectivity index (χ4v) is 3.52.